The Labute approximate surface area is 121 Å². The van der Waals surface area contributed by atoms with E-state index in [1.807, 2.05) is 67.6 Å². The van der Waals surface area contributed by atoms with Crippen LogP contribution in [0.4, 0.5) is 0 Å². The third-order valence-corrected chi connectivity index (χ3v) is 3.51. The molecular weight excluding hydrogens is 244 g/mol. The van der Waals surface area contributed by atoms with Crippen molar-refractivity contribution >= 4 is 5.78 Å². The van der Waals surface area contributed by atoms with E-state index >= 15 is 0 Å². The molecule has 0 radical (unpaired) electrons. The second kappa shape index (κ2) is 6.85. The Balaban J connectivity index is 2.35. The monoisotopic (exact) mass is 264 g/mol. The van der Waals surface area contributed by atoms with Crippen LogP contribution >= 0.6 is 0 Å². The lowest BCUT2D eigenvalue weighted by Crippen LogP contribution is -2.14. The van der Waals surface area contributed by atoms with Gasteiger partial charge in [-0.2, -0.15) is 0 Å². The number of ketones is 1. The Morgan fingerprint density at radius 2 is 1.40 bits per heavy atom. The summed E-state index contributed by atoms with van der Waals surface area (Å²) in [6.45, 7) is 6.00. The van der Waals surface area contributed by atoms with Crippen molar-refractivity contribution in [1.82, 2.24) is 0 Å². The van der Waals surface area contributed by atoms with Crippen LogP contribution in [0.5, 0.6) is 0 Å². The molecule has 0 aliphatic carbocycles. The van der Waals surface area contributed by atoms with Crippen molar-refractivity contribution < 1.29 is 4.79 Å². The lowest BCUT2D eigenvalue weighted by molar-refractivity contribution is -0.119. The highest BCUT2D eigenvalue weighted by Gasteiger charge is 2.22. The number of carbonyl (C=O) groups is 1. The molecule has 0 saturated carbocycles. The van der Waals surface area contributed by atoms with Gasteiger partial charge in [0.25, 0.3) is 0 Å². The van der Waals surface area contributed by atoms with Crippen LogP contribution in [0.1, 0.15) is 36.8 Å². The average molecular weight is 264 g/mol. The molecule has 20 heavy (non-hydrogen) atoms. The van der Waals surface area contributed by atoms with Crippen LogP contribution < -0.4 is 0 Å². The van der Waals surface area contributed by atoms with Crippen LogP contribution in [-0.4, -0.2) is 5.78 Å². The lowest BCUT2D eigenvalue weighted by atomic mass is 9.85. The van der Waals surface area contributed by atoms with Crippen LogP contribution in [0.2, 0.25) is 0 Å². The molecular formula is C19H20O. The third kappa shape index (κ3) is 3.45. The molecule has 0 spiro atoms. The van der Waals surface area contributed by atoms with E-state index in [9.17, 15) is 4.79 Å². The van der Waals surface area contributed by atoms with Gasteiger partial charge in [-0.05, 0) is 17.5 Å². The number of Topliss-reactive ketones (excluding diaryl/α,β-unsaturated/α-hetero) is 1. The Morgan fingerprint density at radius 1 is 0.950 bits per heavy atom. The predicted molar refractivity (Wildman–Crippen MR) is 83.8 cm³/mol. The van der Waals surface area contributed by atoms with Crippen molar-refractivity contribution in [1.29, 1.82) is 0 Å². The van der Waals surface area contributed by atoms with E-state index in [1.165, 1.54) is 0 Å². The summed E-state index contributed by atoms with van der Waals surface area (Å²) in [6, 6.07) is 19.9. The topological polar surface area (TPSA) is 17.1 Å². The van der Waals surface area contributed by atoms with Gasteiger partial charge in [-0.25, -0.2) is 0 Å². The Morgan fingerprint density at radius 3 is 1.80 bits per heavy atom. The first-order valence-corrected chi connectivity index (χ1v) is 7.01. The van der Waals surface area contributed by atoms with Crippen LogP contribution in [0.25, 0.3) is 0 Å². The van der Waals surface area contributed by atoms with E-state index in [4.69, 9.17) is 0 Å². The van der Waals surface area contributed by atoms with Crippen LogP contribution in [-0.2, 0) is 4.79 Å². The van der Waals surface area contributed by atoms with Crippen molar-refractivity contribution in [2.45, 2.75) is 25.7 Å². The molecule has 0 saturated heterocycles. The maximum atomic E-state index is 12.7. The quantitative estimate of drug-likeness (QED) is 0.688. The molecule has 0 fully saturated rings. The minimum Gasteiger partial charge on any atom is -0.298 e. The molecule has 0 N–H and O–H groups in total. The summed E-state index contributed by atoms with van der Waals surface area (Å²) in [4.78, 5) is 12.7. The van der Waals surface area contributed by atoms with E-state index in [2.05, 4.69) is 6.58 Å². The molecule has 0 heterocycles. The molecule has 0 aromatic heterocycles. The normalized spacial score (nSPS) is 10.5. The van der Waals surface area contributed by atoms with Gasteiger partial charge in [-0.15, -0.1) is 0 Å². The third-order valence-electron chi connectivity index (χ3n) is 3.51. The molecule has 0 bridgehead atoms. The summed E-state index contributed by atoms with van der Waals surface area (Å²) in [6.07, 6.45) is 1.30. The SMILES string of the molecule is C=C(CC)CC(=O)C(c1ccccc1)c1ccccc1. The van der Waals surface area contributed by atoms with Gasteiger partial charge in [0.05, 0.1) is 5.92 Å². The summed E-state index contributed by atoms with van der Waals surface area (Å²) in [5.74, 6) is 0.0231. The van der Waals surface area contributed by atoms with Gasteiger partial charge in [0.1, 0.15) is 5.78 Å². The van der Waals surface area contributed by atoms with Gasteiger partial charge in [-0.3, -0.25) is 4.79 Å². The molecule has 2 rings (SSSR count). The Bertz CT molecular complexity index is 530. The fraction of sp³-hybridized carbons (Fsp3) is 0.211. The van der Waals surface area contributed by atoms with Gasteiger partial charge in [0.15, 0.2) is 0 Å². The van der Waals surface area contributed by atoms with Crippen molar-refractivity contribution in [3.8, 4) is 0 Å². The van der Waals surface area contributed by atoms with E-state index in [-0.39, 0.29) is 11.7 Å². The minimum absolute atomic E-state index is 0.194. The second-order valence-corrected chi connectivity index (χ2v) is 5.00. The zero-order valence-corrected chi connectivity index (χ0v) is 11.9. The van der Waals surface area contributed by atoms with E-state index in [1.54, 1.807) is 0 Å². The summed E-state index contributed by atoms with van der Waals surface area (Å²) >= 11 is 0. The predicted octanol–water partition coefficient (Wildman–Crippen LogP) is 4.74. The average Bonchev–Trinajstić information content (AvgIpc) is 2.49. The summed E-state index contributed by atoms with van der Waals surface area (Å²) in [7, 11) is 0. The largest absolute Gasteiger partial charge is 0.298 e. The second-order valence-electron chi connectivity index (χ2n) is 5.00. The molecule has 0 unspecified atom stereocenters. The first-order chi connectivity index (χ1) is 9.72. The zero-order chi connectivity index (χ0) is 14.4. The standard InChI is InChI=1S/C19H20O/c1-3-15(2)14-18(20)19(16-10-6-4-7-11-16)17-12-8-5-9-13-17/h4-13,19H,2-3,14H2,1H3. The van der Waals surface area contributed by atoms with Crippen molar-refractivity contribution in [3.05, 3.63) is 83.9 Å². The van der Waals surface area contributed by atoms with Crippen LogP contribution in [0, 0.1) is 0 Å². The molecule has 0 amide bonds. The first kappa shape index (κ1) is 14.3. The number of carbonyl (C=O) groups excluding carboxylic acids is 1. The van der Waals surface area contributed by atoms with Gasteiger partial charge < -0.3 is 0 Å². The maximum Gasteiger partial charge on any atom is 0.148 e. The summed E-state index contributed by atoms with van der Waals surface area (Å²) in [5.41, 5.74) is 3.09. The number of allylic oxidation sites excluding steroid dienone is 1. The number of hydrogen-bond donors (Lipinski definition) is 0. The number of rotatable bonds is 6. The highest BCUT2D eigenvalue weighted by atomic mass is 16.1. The minimum atomic E-state index is -0.194. The Hall–Kier alpha value is -2.15. The molecule has 1 nitrogen and oxygen atoms in total. The van der Waals surface area contributed by atoms with Gasteiger partial charge >= 0.3 is 0 Å². The van der Waals surface area contributed by atoms with E-state index in [0.717, 1.165) is 23.1 Å². The summed E-state index contributed by atoms with van der Waals surface area (Å²) in [5, 5.41) is 0. The zero-order valence-electron chi connectivity index (χ0n) is 11.9. The smallest absolute Gasteiger partial charge is 0.148 e. The van der Waals surface area contributed by atoms with Gasteiger partial charge in [0.2, 0.25) is 0 Å². The fourth-order valence-electron chi connectivity index (χ4n) is 2.33. The molecule has 102 valence electrons. The summed E-state index contributed by atoms with van der Waals surface area (Å²) < 4.78 is 0. The molecule has 0 aliphatic rings. The van der Waals surface area contributed by atoms with Crippen molar-refractivity contribution in [2.24, 2.45) is 0 Å². The van der Waals surface area contributed by atoms with Crippen LogP contribution in [0.15, 0.2) is 72.8 Å². The molecule has 2 aromatic carbocycles. The highest BCUT2D eigenvalue weighted by molar-refractivity contribution is 5.90. The van der Waals surface area contributed by atoms with Crippen molar-refractivity contribution in [2.75, 3.05) is 0 Å². The van der Waals surface area contributed by atoms with E-state index < -0.39 is 0 Å². The number of benzene rings is 2. The van der Waals surface area contributed by atoms with Crippen molar-refractivity contribution in [3.63, 3.8) is 0 Å². The molecule has 1 heteroatoms. The molecule has 0 atom stereocenters. The Kier molecular flexibility index (Phi) is 4.89. The van der Waals surface area contributed by atoms with Gasteiger partial charge in [-0.1, -0.05) is 79.7 Å². The fourth-order valence-corrected chi connectivity index (χ4v) is 2.33. The molecule has 2 aromatic rings. The number of hydrogen-bond acceptors (Lipinski definition) is 1. The lowest BCUT2D eigenvalue weighted by Gasteiger charge is -2.17. The first-order valence-electron chi connectivity index (χ1n) is 7.01. The van der Waals surface area contributed by atoms with E-state index in [0.29, 0.717) is 6.42 Å². The maximum absolute atomic E-state index is 12.7. The molecule has 0 aliphatic heterocycles. The highest BCUT2D eigenvalue weighted by Crippen LogP contribution is 2.27. The van der Waals surface area contributed by atoms with Gasteiger partial charge in [0, 0.05) is 6.42 Å². The van der Waals surface area contributed by atoms with Crippen LogP contribution in [0.3, 0.4) is 0 Å².